The fourth-order valence-corrected chi connectivity index (χ4v) is 3.31. The molecular formula is C19H23BrN2O. The lowest BCUT2D eigenvalue weighted by Gasteiger charge is -2.32. The summed E-state index contributed by atoms with van der Waals surface area (Å²) in [5.41, 5.74) is 1.91. The third-order valence-corrected chi connectivity index (χ3v) is 4.74. The van der Waals surface area contributed by atoms with Gasteiger partial charge in [-0.2, -0.15) is 0 Å². The van der Waals surface area contributed by atoms with Crippen molar-refractivity contribution in [1.29, 1.82) is 0 Å². The highest BCUT2D eigenvalue weighted by molar-refractivity contribution is 9.10. The first-order chi connectivity index (χ1) is 11.1. The molecule has 23 heavy (non-hydrogen) atoms. The van der Waals surface area contributed by atoms with E-state index >= 15 is 0 Å². The van der Waals surface area contributed by atoms with E-state index in [9.17, 15) is 4.79 Å². The van der Waals surface area contributed by atoms with Crippen LogP contribution in [0.25, 0.3) is 0 Å². The second-order valence-electron chi connectivity index (χ2n) is 5.38. The number of hydrogen-bond donors (Lipinski definition) is 0. The van der Waals surface area contributed by atoms with Crippen molar-refractivity contribution in [1.82, 2.24) is 4.90 Å². The molecule has 0 aliphatic heterocycles. The summed E-state index contributed by atoms with van der Waals surface area (Å²) in [5.74, 6) is 0.0757. The lowest BCUT2D eigenvalue weighted by atomic mass is 10.0. The predicted molar refractivity (Wildman–Crippen MR) is 99.7 cm³/mol. The SMILES string of the molecule is CCN(CC)C(C(=O)N(C)c1ccccc1Br)c1ccccc1. The van der Waals surface area contributed by atoms with Crippen LogP contribution in [0.2, 0.25) is 0 Å². The Morgan fingerprint density at radius 3 is 2.13 bits per heavy atom. The summed E-state index contributed by atoms with van der Waals surface area (Å²) >= 11 is 3.53. The highest BCUT2D eigenvalue weighted by Gasteiger charge is 2.29. The van der Waals surface area contributed by atoms with E-state index < -0.39 is 0 Å². The van der Waals surface area contributed by atoms with Gasteiger partial charge in [-0.05, 0) is 46.7 Å². The summed E-state index contributed by atoms with van der Waals surface area (Å²) in [6.07, 6.45) is 0. The van der Waals surface area contributed by atoms with Crippen LogP contribution in [-0.2, 0) is 4.79 Å². The van der Waals surface area contributed by atoms with Crippen LogP contribution in [-0.4, -0.2) is 30.9 Å². The van der Waals surface area contributed by atoms with E-state index in [4.69, 9.17) is 0 Å². The molecule has 0 heterocycles. The van der Waals surface area contributed by atoms with Gasteiger partial charge >= 0.3 is 0 Å². The molecule has 0 bridgehead atoms. The van der Waals surface area contributed by atoms with E-state index in [2.05, 4.69) is 34.7 Å². The van der Waals surface area contributed by atoms with Crippen LogP contribution in [0.5, 0.6) is 0 Å². The number of halogens is 1. The molecule has 0 radical (unpaired) electrons. The molecule has 1 amide bonds. The van der Waals surface area contributed by atoms with Gasteiger partial charge in [0, 0.05) is 11.5 Å². The van der Waals surface area contributed by atoms with Gasteiger partial charge in [-0.1, -0.05) is 56.3 Å². The zero-order valence-electron chi connectivity index (χ0n) is 13.9. The van der Waals surface area contributed by atoms with E-state index in [1.807, 2.05) is 61.6 Å². The first kappa shape index (κ1) is 17.7. The first-order valence-corrected chi connectivity index (χ1v) is 8.70. The summed E-state index contributed by atoms with van der Waals surface area (Å²) in [4.78, 5) is 17.1. The van der Waals surface area contributed by atoms with E-state index in [0.29, 0.717) is 0 Å². The fourth-order valence-electron chi connectivity index (χ4n) is 2.76. The monoisotopic (exact) mass is 374 g/mol. The van der Waals surface area contributed by atoms with E-state index in [0.717, 1.165) is 28.8 Å². The van der Waals surface area contributed by atoms with Crippen molar-refractivity contribution < 1.29 is 4.79 Å². The highest BCUT2D eigenvalue weighted by atomic mass is 79.9. The van der Waals surface area contributed by atoms with E-state index in [1.165, 1.54) is 0 Å². The molecule has 1 atom stereocenters. The number of likely N-dealkylation sites (N-methyl/N-ethyl adjacent to an activating group) is 2. The molecule has 0 N–H and O–H groups in total. The molecule has 0 aliphatic carbocycles. The van der Waals surface area contributed by atoms with Crippen LogP contribution >= 0.6 is 15.9 Å². The number of amides is 1. The van der Waals surface area contributed by atoms with Gasteiger partial charge in [-0.3, -0.25) is 9.69 Å². The van der Waals surface area contributed by atoms with E-state index in [-0.39, 0.29) is 11.9 Å². The number of nitrogens with zero attached hydrogens (tertiary/aromatic N) is 2. The molecule has 0 aromatic heterocycles. The zero-order chi connectivity index (χ0) is 16.8. The molecule has 0 spiro atoms. The fraction of sp³-hybridized carbons (Fsp3) is 0.316. The Labute approximate surface area is 147 Å². The Hall–Kier alpha value is -1.65. The topological polar surface area (TPSA) is 23.6 Å². The molecule has 2 rings (SSSR count). The van der Waals surface area contributed by atoms with Crippen LogP contribution in [0.3, 0.4) is 0 Å². The second-order valence-corrected chi connectivity index (χ2v) is 6.24. The third kappa shape index (κ3) is 4.01. The molecule has 4 heteroatoms. The van der Waals surface area contributed by atoms with Crippen LogP contribution in [0.4, 0.5) is 5.69 Å². The minimum Gasteiger partial charge on any atom is -0.313 e. The summed E-state index contributed by atoms with van der Waals surface area (Å²) < 4.78 is 0.919. The van der Waals surface area contributed by atoms with Gasteiger partial charge in [-0.15, -0.1) is 0 Å². The van der Waals surface area contributed by atoms with Gasteiger partial charge in [-0.25, -0.2) is 0 Å². The highest BCUT2D eigenvalue weighted by Crippen LogP contribution is 2.29. The maximum absolute atomic E-state index is 13.2. The Kier molecular flexibility index (Phi) is 6.37. The molecule has 0 saturated carbocycles. The lowest BCUT2D eigenvalue weighted by Crippen LogP contribution is -2.41. The van der Waals surface area contributed by atoms with Gasteiger partial charge in [0.15, 0.2) is 0 Å². The lowest BCUT2D eigenvalue weighted by molar-refractivity contribution is -0.123. The number of para-hydroxylation sites is 1. The third-order valence-electron chi connectivity index (χ3n) is 4.07. The van der Waals surface area contributed by atoms with Crippen molar-refractivity contribution in [3.05, 3.63) is 64.6 Å². The summed E-state index contributed by atoms with van der Waals surface area (Å²) in [5, 5.41) is 0. The van der Waals surface area contributed by atoms with Gasteiger partial charge in [0.05, 0.1) is 5.69 Å². The number of anilines is 1. The summed E-state index contributed by atoms with van der Waals surface area (Å²) in [6, 6.07) is 17.5. The average molecular weight is 375 g/mol. The van der Waals surface area contributed by atoms with Crippen molar-refractivity contribution in [3.63, 3.8) is 0 Å². The Morgan fingerprint density at radius 1 is 1.00 bits per heavy atom. The molecular weight excluding hydrogens is 352 g/mol. The Morgan fingerprint density at radius 2 is 1.57 bits per heavy atom. The summed E-state index contributed by atoms with van der Waals surface area (Å²) in [7, 11) is 1.84. The van der Waals surface area contributed by atoms with Crippen molar-refractivity contribution in [2.75, 3.05) is 25.0 Å². The van der Waals surface area contributed by atoms with Crippen LogP contribution < -0.4 is 4.90 Å². The number of carbonyl (C=O) groups is 1. The van der Waals surface area contributed by atoms with Gasteiger partial charge < -0.3 is 4.90 Å². The molecule has 2 aromatic rings. The quantitative estimate of drug-likeness (QED) is 0.743. The normalized spacial score (nSPS) is 12.2. The maximum atomic E-state index is 13.2. The molecule has 3 nitrogen and oxygen atoms in total. The second kappa shape index (κ2) is 8.27. The number of hydrogen-bond acceptors (Lipinski definition) is 2. The smallest absolute Gasteiger partial charge is 0.248 e. The Bertz CT molecular complexity index is 641. The minimum atomic E-state index is -0.275. The predicted octanol–water partition coefficient (Wildman–Crippen LogP) is 4.50. The molecule has 0 aliphatic rings. The molecule has 1 unspecified atom stereocenters. The van der Waals surface area contributed by atoms with Crippen LogP contribution in [0, 0.1) is 0 Å². The molecule has 122 valence electrons. The van der Waals surface area contributed by atoms with Crippen LogP contribution in [0.1, 0.15) is 25.5 Å². The van der Waals surface area contributed by atoms with Gasteiger partial charge in [0.2, 0.25) is 5.91 Å². The van der Waals surface area contributed by atoms with Crippen LogP contribution in [0.15, 0.2) is 59.1 Å². The van der Waals surface area contributed by atoms with Crippen molar-refractivity contribution in [2.24, 2.45) is 0 Å². The molecule has 0 saturated heterocycles. The zero-order valence-corrected chi connectivity index (χ0v) is 15.5. The van der Waals surface area contributed by atoms with Crippen molar-refractivity contribution in [3.8, 4) is 0 Å². The standard InChI is InChI=1S/C19H23BrN2O/c1-4-22(5-2)18(15-11-7-6-8-12-15)19(23)21(3)17-14-10-9-13-16(17)20/h6-14,18H,4-5H2,1-3H3. The van der Waals surface area contributed by atoms with Gasteiger partial charge in [0.25, 0.3) is 0 Å². The van der Waals surface area contributed by atoms with Gasteiger partial charge in [0.1, 0.15) is 6.04 Å². The number of rotatable bonds is 6. The minimum absolute atomic E-state index is 0.0757. The average Bonchev–Trinajstić information content (AvgIpc) is 2.59. The number of benzene rings is 2. The summed E-state index contributed by atoms with van der Waals surface area (Å²) in [6.45, 7) is 5.83. The van der Waals surface area contributed by atoms with Crippen molar-refractivity contribution in [2.45, 2.75) is 19.9 Å². The number of carbonyl (C=O) groups excluding carboxylic acids is 1. The first-order valence-electron chi connectivity index (χ1n) is 7.91. The Balaban J connectivity index is 2.39. The molecule has 2 aromatic carbocycles. The van der Waals surface area contributed by atoms with Crippen molar-refractivity contribution >= 4 is 27.5 Å². The van der Waals surface area contributed by atoms with E-state index in [1.54, 1.807) is 4.90 Å². The largest absolute Gasteiger partial charge is 0.313 e. The molecule has 0 fully saturated rings. The maximum Gasteiger partial charge on any atom is 0.248 e.